The van der Waals surface area contributed by atoms with Gasteiger partial charge in [0.25, 0.3) is 0 Å². The molecule has 9 heterocycles. The number of rotatable bonds is 5. The number of hydrogen-bond donors (Lipinski definition) is 0. The smallest absolute Gasteiger partial charge is 0.310 e. The molecule has 12 unspecified atom stereocenters. The summed E-state index contributed by atoms with van der Waals surface area (Å²) in [6, 6.07) is 9.06. The molecule has 0 amide bonds. The van der Waals surface area contributed by atoms with Crippen molar-refractivity contribution in [2.75, 3.05) is 78.5 Å². The van der Waals surface area contributed by atoms with Crippen LogP contribution in [-0.4, -0.2) is 113 Å². The van der Waals surface area contributed by atoms with Gasteiger partial charge in [-0.1, -0.05) is 11.6 Å². The van der Waals surface area contributed by atoms with Gasteiger partial charge in [-0.25, -0.2) is 0 Å². The summed E-state index contributed by atoms with van der Waals surface area (Å²) >= 11 is 0. The second-order valence-electron chi connectivity index (χ2n) is 18.0. The Labute approximate surface area is 323 Å². The molecule has 0 aromatic heterocycles. The Hall–Kier alpha value is -3.80. The lowest BCUT2D eigenvalue weighted by Crippen LogP contribution is -2.66. The fraction of sp³-hybridized carbons (Fsp3) is 0.636. The van der Waals surface area contributed by atoms with Crippen LogP contribution in [0.5, 0.6) is 11.5 Å². The number of hydrogen-bond acceptors (Lipinski definition) is 11. The zero-order valence-electron chi connectivity index (χ0n) is 33.5. The van der Waals surface area contributed by atoms with Crippen LogP contribution in [0.3, 0.4) is 0 Å². The second kappa shape index (κ2) is 10.8. The maximum atomic E-state index is 14.3. The number of allylic oxidation sites excluding steroid dienone is 1. The van der Waals surface area contributed by atoms with Gasteiger partial charge in [0.1, 0.15) is 28.4 Å². The molecule has 2 saturated carbocycles. The average molecular weight is 751 g/mol. The highest BCUT2D eigenvalue weighted by Gasteiger charge is 2.82. The highest BCUT2D eigenvalue weighted by molar-refractivity contribution is 5.90. The lowest BCUT2D eigenvalue weighted by molar-refractivity contribution is -0.156. The maximum Gasteiger partial charge on any atom is 0.310 e. The fourth-order valence-electron chi connectivity index (χ4n) is 15.5. The maximum absolute atomic E-state index is 14.3. The molecule has 12 atom stereocenters. The summed E-state index contributed by atoms with van der Waals surface area (Å²) in [5.41, 5.74) is 5.85. The van der Waals surface area contributed by atoms with E-state index in [0.717, 1.165) is 98.7 Å². The first-order valence-corrected chi connectivity index (χ1v) is 20.4. The van der Waals surface area contributed by atoms with Crippen LogP contribution in [0.15, 0.2) is 35.9 Å². The summed E-state index contributed by atoms with van der Waals surface area (Å²) in [7, 11) is 11.0. The van der Waals surface area contributed by atoms with E-state index in [4.69, 9.17) is 23.7 Å². The van der Waals surface area contributed by atoms with Gasteiger partial charge >= 0.3 is 11.9 Å². The minimum atomic E-state index is -0.487. The first-order chi connectivity index (χ1) is 26.5. The minimum Gasteiger partial charge on any atom is -0.496 e. The van der Waals surface area contributed by atoms with Crippen molar-refractivity contribution < 1.29 is 33.3 Å². The lowest BCUT2D eigenvalue weighted by Gasteiger charge is -2.54. The number of anilines is 2. The normalized spacial score (nSPS) is 43.9. The van der Waals surface area contributed by atoms with E-state index in [1.54, 1.807) is 28.4 Å². The van der Waals surface area contributed by atoms with Crippen molar-refractivity contribution in [3.8, 4) is 22.6 Å². The van der Waals surface area contributed by atoms with Crippen molar-refractivity contribution in [2.24, 2.45) is 23.7 Å². The van der Waals surface area contributed by atoms with Crippen molar-refractivity contribution >= 4 is 23.3 Å². The zero-order valence-corrected chi connectivity index (χ0v) is 33.5. The first-order valence-electron chi connectivity index (χ1n) is 20.4. The Balaban J connectivity index is 1.13. The van der Waals surface area contributed by atoms with Crippen LogP contribution < -0.4 is 19.3 Å². The number of epoxide rings is 1. The summed E-state index contributed by atoms with van der Waals surface area (Å²) in [5, 5.41) is 0. The quantitative estimate of drug-likeness (QED) is 0.233. The van der Waals surface area contributed by atoms with Crippen LogP contribution >= 0.6 is 0 Å². The van der Waals surface area contributed by atoms with Crippen molar-refractivity contribution in [3.05, 3.63) is 47.0 Å². The predicted octanol–water partition coefficient (Wildman–Crippen LogP) is 5.08. The van der Waals surface area contributed by atoms with Gasteiger partial charge in [-0.05, 0) is 87.6 Å². The van der Waals surface area contributed by atoms with Crippen molar-refractivity contribution in [1.82, 2.24) is 9.80 Å². The number of ether oxygens (including phenoxy) is 5. The average Bonchev–Trinajstić information content (AvgIpc) is 3.54. The van der Waals surface area contributed by atoms with Crippen LogP contribution in [0.2, 0.25) is 0 Å². The molecular weight excluding hydrogens is 697 g/mol. The monoisotopic (exact) mass is 750 g/mol. The third kappa shape index (κ3) is 3.44. The number of methoxy groups -OCH3 is 4. The lowest BCUT2D eigenvalue weighted by atomic mass is 9.53. The third-order valence-electron chi connectivity index (χ3n) is 17.4. The van der Waals surface area contributed by atoms with Gasteiger partial charge in [-0.2, -0.15) is 0 Å². The van der Waals surface area contributed by atoms with E-state index in [1.807, 2.05) is 0 Å². The number of esters is 2. The molecule has 11 nitrogen and oxygen atoms in total. The van der Waals surface area contributed by atoms with Crippen molar-refractivity contribution in [1.29, 1.82) is 0 Å². The van der Waals surface area contributed by atoms with E-state index in [9.17, 15) is 9.59 Å². The fourth-order valence-corrected chi connectivity index (χ4v) is 15.5. The Kier molecular flexibility index (Phi) is 6.75. The van der Waals surface area contributed by atoms with E-state index in [1.165, 1.54) is 16.7 Å². The highest BCUT2D eigenvalue weighted by atomic mass is 16.6. The molecule has 0 radical (unpaired) electrons. The molecule has 9 fully saturated rings. The summed E-state index contributed by atoms with van der Waals surface area (Å²) in [4.78, 5) is 38.7. The number of nitrogens with zero attached hydrogens (tertiary/aromatic N) is 4. The molecule has 55 heavy (non-hydrogen) atoms. The number of likely N-dealkylation sites (N-methyl/N-ethyl adjacent to an activating group) is 2. The number of fused-ring (bicyclic) bond motifs is 5. The van der Waals surface area contributed by atoms with Crippen molar-refractivity contribution in [3.63, 3.8) is 0 Å². The van der Waals surface area contributed by atoms with Gasteiger partial charge in [-0.15, -0.1) is 0 Å². The van der Waals surface area contributed by atoms with Crippen LogP contribution in [0.1, 0.15) is 63.5 Å². The summed E-state index contributed by atoms with van der Waals surface area (Å²) < 4.78 is 30.6. The van der Waals surface area contributed by atoms with Crippen LogP contribution in [0, 0.1) is 23.7 Å². The molecule has 0 N–H and O–H groups in total. The molecule has 2 aromatic rings. The van der Waals surface area contributed by atoms with E-state index < -0.39 is 10.8 Å². The largest absolute Gasteiger partial charge is 0.496 e. The van der Waals surface area contributed by atoms with Gasteiger partial charge in [0.15, 0.2) is 0 Å². The zero-order chi connectivity index (χ0) is 38.2. The molecule has 13 rings (SSSR count). The van der Waals surface area contributed by atoms with E-state index >= 15 is 0 Å². The van der Waals surface area contributed by atoms with Gasteiger partial charge in [-0.3, -0.25) is 19.4 Å². The number of carbonyl (C=O) groups is 2. The molecule has 9 aliphatic heterocycles. The molecule has 3 spiro atoms. The highest BCUT2D eigenvalue weighted by Crippen LogP contribution is 2.74. The van der Waals surface area contributed by atoms with E-state index in [2.05, 4.69) is 77.9 Å². The summed E-state index contributed by atoms with van der Waals surface area (Å²) in [6.45, 7) is 7.79. The predicted molar refractivity (Wildman–Crippen MR) is 206 cm³/mol. The molecule has 2 aromatic carbocycles. The van der Waals surface area contributed by atoms with Crippen molar-refractivity contribution in [2.45, 2.75) is 86.2 Å². The van der Waals surface area contributed by atoms with Gasteiger partial charge in [0, 0.05) is 85.6 Å². The number of benzene rings is 2. The second-order valence-corrected chi connectivity index (χ2v) is 18.0. The van der Waals surface area contributed by atoms with Crippen LogP contribution in [-0.2, 0) is 34.6 Å². The standard InChI is InChI=1S/C44H54N4O7/c1-9-25-22-47-16-14-40-31-20-34(51-5)28(19-32(31)45(3)43(40,47)12-10-26(25)36(40)38(49)53-7)27-18-30-33(21-35(27)52-6)46(4)44-13-11-29-37(39(50)54-8)41(30,44)15-17-48(44)23-42(29)24(2)55-42/h9,18-21,24,26,29,36-37H,10-17,22-23H2,1-8H3. The van der Waals surface area contributed by atoms with Gasteiger partial charge in [0.05, 0.1) is 46.4 Å². The molecule has 11 heteroatoms. The molecule has 11 aliphatic rings. The Bertz CT molecular complexity index is 2120. The Morgan fingerprint density at radius 3 is 1.98 bits per heavy atom. The summed E-state index contributed by atoms with van der Waals surface area (Å²) in [5.74, 6) is 0.835. The Morgan fingerprint density at radius 2 is 1.33 bits per heavy atom. The third-order valence-corrected chi connectivity index (χ3v) is 17.4. The molecular formula is C44H54N4O7. The topological polar surface area (TPSA) is 96.5 Å². The summed E-state index contributed by atoms with van der Waals surface area (Å²) in [6.07, 6.45) is 7.89. The van der Waals surface area contributed by atoms with Gasteiger partial charge < -0.3 is 33.5 Å². The van der Waals surface area contributed by atoms with Crippen LogP contribution in [0.25, 0.3) is 11.1 Å². The molecule has 7 saturated heterocycles. The van der Waals surface area contributed by atoms with E-state index in [0.29, 0.717) is 0 Å². The Morgan fingerprint density at radius 1 is 0.764 bits per heavy atom. The van der Waals surface area contributed by atoms with E-state index in [-0.39, 0.29) is 58.6 Å². The molecule has 8 bridgehead atoms. The van der Waals surface area contributed by atoms with Crippen LogP contribution in [0.4, 0.5) is 11.4 Å². The minimum absolute atomic E-state index is 0.0684. The number of carbonyl (C=O) groups excluding carboxylic acids is 2. The SMILES string of the molecule is CC=C1CN2CCC34c5cc(OC)c(-c6cc7c(cc6OC)N(C)C68CCC9C(C(=O)OC)C76CCN8CC96OC6C)cc5N(C)C23CCC1C4C(=O)OC. The first kappa shape index (κ1) is 34.4. The molecule has 292 valence electrons. The molecule has 2 aliphatic carbocycles. The van der Waals surface area contributed by atoms with Gasteiger partial charge in [0.2, 0.25) is 0 Å².